The van der Waals surface area contributed by atoms with E-state index in [2.05, 4.69) is 5.32 Å². The molecule has 2 rings (SSSR count). The highest BCUT2D eigenvalue weighted by Crippen LogP contribution is 2.35. The van der Waals surface area contributed by atoms with Crippen LogP contribution in [-0.4, -0.2) is 48.0 Å². The van der Waals surface area contributed by atoms with Crippen LogP contribution in [0.25, 0.3) is 0 Å². The van der Waals surface area contributed by atoms with Gasteiger partial charge in [0.1, 0.15) is 12.3 Å². The van der Waals surface area contributed by atoms with Crippen LogP contribution in [-0.2, 0) is 9.59 Å². The molecule has 7 heteroatoms. The smallest absolute Gasteiger partial charge is 0.268 e. The third-order valence-corrected chi connectivity index (χ3v) is 4.35. The van der Waals surface area contributed by atoms with Crippen LogP contribution in [0.1, 0.15) is 50.4 Å². The topological polar surface area (TPSA) is 95.9 Å². The van der Waals surface area contributed by atoms with Crippen LogP contribution >= 0.6 is 0 Å². The minimum atomic E-state index is -0.715. The predicted molar refractivity (Wildman–Crippen MR) is 97.4 cm³/mol. The van der Waals surface area contributed by atoms with E-state index >= 15 is 0 Å². The molecule has 0 radical (unpaired) electrons. The number of carbonyl (C=O) groups is 3. The number of carbonyl (C=O) groups excluding carboxylic acids is 3. The molecule has 2 unspecified atom stereocenters. The maximum Gasteiger partial charge on any atom is 0.268 e. The lowest BCUT2D eigenvalue weighted by atomic mass is 10.0. The predicted octanol–water partition coefficient (Wildman–Crippen LogP) is 1.67. The number of rotatable bonds is 8. The fraction of sp³-hybridized carbons (Fsp3) is 0.526. The van der Waals surface area contributed by atoms with E-state index in [9.17, 15) is 19.5 Å². The average Bonchev–Trinajstić information content (AvgIpc) is 2.63. The molecule has 26 heavy (non-hydrogen) atoms. The number of amides is 2. The summed E-state index contributed by atoms with van der Waals surface area (Å²) in [5.41, 5.74) is 0.908. The number of ketones is 1. The van der Waals surface area contributed by atoms with E-state index in [4.69, 9.17) is 4.74 Å². The molecule has 1 heterocycles. The highest BCUT2D eigenvalue weighted by atomic mass is 16.5. The van der Waals surface area contributed by atoms with Crippen molar-refractivity contribution in [1.82, 2.24) is 5.32 Å². The molecule has 2 atom stereocenters. The number of Topliss-reactive ketones (excluding diaryl/α,β-unsaturated/α-hetero) is 1. The minimum Gasteiger partial charge on any atom is -0.479 e. The average molecular weight is 362 g/mol. The van der Waals surface area contributed by atoms with Gasteiger partial charge in [0.15, 0.2) is 11.9 Å². The molecular formula is C19H26N2O5. The molecule has 0 spiro atoms. The second-order valence-corrected chi connectivity index (χ2v) is 6.40. The molecule has 7 nitrogen and oxygen atoms in total. The first-order valence-corrected chi connectivity index (χ1v) is 8.96. The van der Waals surface area contributed by atoms with E-state index < -0.39 is 6.10 Å². The molecule has 1 aliphatic heterocycles. The second kappa shape index (κ2) is 8.80. The van der Waals surface area contributed by atoms with Gasteiger partial charge in [-0.2, -0.15) is 0 Å². The maximum absolute atomic E-state index is 12.5. The Labute approximate surface area is 153 Å². The summed E-state index contributed by atoms with van der Waals surface area (Å²) in [6.07, 6.45) is 1.02. The van der Waals surface area contributed by atoms with Crippen LogP contribution in [0.3, 0.4) is 0 Å². The quantitative estimate of drug-likeness (QED) is 0.686. The zero-order chi connectivity index (χ0) is 19.3. The molecule has 142 valence electrons. The van der Waals surface area contributed by atoms with Crippen molar-refractivity contribution in [3.8, 4) is 5.75 Å². The normalized spacial score (nSPS) is 17.3. The van der Waals surface area contributed by atoms with Crippen molar-refractivity contribution >= 4 is 23.3 Å². The summed E-state index contributed by atoms with van der Waals surface area (Å²) in [6.45, 7) is 5.04. The summed E-state index contributed by atoms with van der Waals surface area (Å²) >= 11 is 0. The molecule has 0 aliphatic carbocycles. The lowest BCUT2D eigenvalue weighted by Gasteiger charge is -2.33. The summed E-state index contributed by atoms with van der Waals surface area (Å²) in [7, 11) is 0. The van der Waals surface area contributed by atoms with Gasteiger partial charge in [-0.3, -0.25) is 19.3 Å². The number of benzene rings is 1. The number of aliphatic hydroxyl groups excluding tert-OH is 1. The third kappa shape index (κ3) is 4.40. The Morgan fingerprint density at radius 1 is 1.35 bits per heavy atom. The van der Waals surface area contributed by atoms with Crippen molar-refractivity contribution < 1.29 is 24.2 Å². The number of ether oxygens (including phenoxy) is 1. The Balaban J connectivity index is 2.28. The zero-order valence-electron chi connectivity index (χ0n) is 15.4. The third-order valence-electron chi connectivity index (χ3n) is 4.35. The highest BCUT2D eigenvalue weighted by Gasteiger charge is 2.33. The van der Waals surface area contributed by atoms with Crippen LogP contribution in [0, 0.1) is 0 Å². The first-order valence-electron chi connectivity index (χ1n) is 8.96. The number of nitrogens with zero attached hydrogens (tertiary/aromatic N) is 1. The van der Waals surface area contributed by atoms with Crippen LogP contribution in [0.5, 0.6) is 5.75 Å². The summed E-state index contributed by atoms with van der Waals surface area (Å²) in [6, 6.07) is 4.59. The van der Waals surface area contributed by atoms with Crippen molar-refractivity contribution in [1.29, 1.82) is 0 Å². The van der Waals surface area contributed by atoms with E-state index in [0.29, 0.717) is 29.8 Å². The molecule has 0 aromatic heterocycles. The Bertz CT molecular complexity index is 685. The lowest BCUT2D eigenvalue weighted by Crippen LogP contribution is -2.50. The number of hydrogen-bond donors (Lipinski definition) is 2. The summed E-state index contributed by atoms with van der Waals surface area (Å²) < 4.78 is 5.60. The number of fused-ring (bicyclic) bond motifs is 1. The van der Waals surface area contributed by atoms with Crippen molar-refractivity contribution in [3.05, 3.63) is 23.8 Å². The van der Waals surface area contributed by atoms with Gasteiger partial charge in [-0.05, 0) is 38.0 Å². The van der Waals surface area contributed by atoms with Crippen molar-refractivity contribution in [2.24, 2.45) is 0 Å². The highest BCUT2D eigenvalue weighted by molar-refractivity contribution is 6.05. The van der Waals surface area contributed by atoms with Crippen LogP contribution in [0.2, 0.25) is 0 Å². The van der Waals surface area contributed by atoms with Gasteiger partial charge in [0.2, 0.25) is 5.91 Å². The Morgan fingerprint density at radius 2 is 2.08 bits per heavy atom. The second-order valence-electron chi connectivity index (χ2n) is 6.40. The lowest BCUT2D eigenvalue weighted by molar-refractivity contribution is -0.128. The van der Waals surface area contributed by atoms with Gasteiger partial charge >= 0.3 is 0 Å². The molecule has 1 aromatic carbocycles. The molecule has 1 aromatic rings. The van der Waals surface area contributed by atoms with Crippen molar-refractivity contribution in [2.45, 2.75) is 52.2 Å². The van der Waals surface area contributed by atoms with E-state index in [0.717, 1.165) is 6.42 Å². The summed E-state index contributed by atoms with van der Waals surface area (Å²) in [5, 5.41) is 11.9. The first kappa shape index (κ1) is 19.9. The monoisotopic (exact) mass is 362 g/mol. The largest absolute Gasteiger partial charge is 0.479 e. The Kier molecular flexibility index (Phi) is 6.74. The van der Waals surface area contributed by atoms with Crippen LogP contribution in [0.4, 0.5) is 5.69 Å². The maximum atomic E-state index is 12.5. The molecule has 0 saturated heterocycles. The van der Waals surface area contributed by atoms with E-state index in [1.807, 2.05) is 13.8 Å². The Hall–Kier alpha value is -2.41. The standard InChI is InChI=1S/C19H26N2O5/c1-4-6-16(23)13-7-8-17-15(9-13)21(19(25)12(3)26-17)10-18(24)20-14(5-2)11-22/h7-9,12,14,22H,4-6,10-11H2,1-3H3,(H,20,24). The number of anilines is 1. The molecule has 0 bridgehead atoms. The SMILES string of the molecule is CCCC(=O)c1ccc2c(c1)N(CC(=O)NC(CC)CO)C(=O)C(C)O2. The molecule has 2 N–H and O–H groups in total. The first-order chi connectivity index (χ1) is 12.4. The van der Waals surface area contributed by atoms with Crippen molar-refractivity contribution in [2.75, 3.05) is 18.1 Å². The zero-order valence-corrected chi connectivity index (χ0v) is 15.4. The van der Waals surface area contributed by atoms with Gasteiger partial charge in [-0.25, -0.2) is 0 Å². The van der Waals surface area contributed by atoms with Gasteiger partial charge in [0.25, 0.3) is 5.91 Å². The fourth-order valence-electron chi connectivity index (χ4n) is 2.81. The summed E-state index contributed by atoms with van der Waals surface area (Å²) in [5.74, 6) is -0.265. The van der Waals surface area contributed by atoms with E-state index in [1.54, 1.807) is 25.1 Å². The van der Waals surface area contributed by atoms with Gasteiger partial charge < -0.3 is 15.2 Å². The fourth-order valence-corrected chi connectivity index (χ4v) is 2.81. The molecule has 0 fully saturated rings. The van der Waals surface area contributed by atoms with Gasteiger partial charge in [0.05, 0.1) is 18.3 Å². The summed E-state index contributed by atoms with van der Waals surface area (Å²) in [4.78, 5) is 38.4. The molecular weight excluding hydrogens is 336 g/mol. The number of aliphatic hydroxyl groups is 1. The van der Waals surface area contributed by atoms with E-state index in [1.165, 1.54) is 4.90 Å². The minimum absolute atomic E-state index is 0.0166. The molecule has 1 aliphatic rings. The van der Waals surface area contributed by atoms with Crippen LogP contribution < -0.4 is 15.0 Å². The van der Waals surface area contributed by atoms with E-state index in [-0.39, 0.29) is 36.8 Å². The van der Waals surface area contributed by atoms with Crippen LogP contribution in [0.15, 0.2) is 18.2 Å². The van der Waals surface area contributed by atoms with Gasteiger partial charge in [0, 0.05) is 12.0 Å². The molecule has 2 amide bonds. The Morgan fingerprint density at radius 3 is 2.69 bits per heavy atom. The number of nitrogens with one attached hydrogen (secondary N) is 1. The van der Waals surface area contributed by atoms with Crippen molar-refractivity contribution in [3.63, 3.8) is 0 Å². The molecule has 0 saturated carbocycles. The number of hydrogen-bond acceptors (Lipinski definition) is 5. The van der Waals surface area contributed by atoms with Gasteiger partial charge in [-0.15, -0.1) is 0 Å². The van der Waals surface area contributed by atoms with Gasteiger partial charge in [-0.1, -0.05) is 13.8 Å².